The third-order valence-electron chi connectivity index (χ3n) is 2.07. The predicted octanol–water partition coefficient (Wildman–Crippen LogP) is 2.73. The van der Waals surface area contributed by atoms with Crippen molar-refractivity contribution in [2.24, 2.45) is 0 Å². The minimum atomic E-state index is -6.53. The normalized spacial score (nSPS) is 15.0. The van der Waals surface area contributed by atoms with Gasteiger partial charge in [-0.3, -0.25) is 0 Å². The maximum Gasteiger partial charge on any atom is 0.525 e. The Morgan fingerprint density at radius 2 is 1.26 bits per heavy atom. The van der Waals surface area contributed by atoms with Crippen molar-refractivity contribution in [2.45, 2.75) is 30.2 Å². The molecule has 0 radical (unpaired) electrons. The van der Waals surface area contributed by atoms with Crippen LogP contribution in [0.3, 0.4) is 0 Å². The molecule has 0 heterocycles. The summed E-state index contributed by atoms with van der Waals surface area (Å²) in [5.41, 5.74) is -6.09. The van der Waals surface area contributed by atoms with E-state index in [9.17, 15) is 47.9 Å². The average Bonchev–Trinajstić information content (AvgIpc) is 2.34. The number of hydrogen-bond acceptors (Lipinski definition) is 5. The van der Waals surface area contributed by atoms with Crippen LogP contribution < -0.4 is 0 Å². The van der Waals surface area contributed by atoms with Gasteiger partial charge in [-0.25, -0.2) is 4.89 Å². The van der Waals surface area contributed by atoms with Crippen molar-refractivity contribution in [3.8, 4) is 0 Å². The number of ether oxygens (including phenoxy) is 1. The van der Waals surface area contributed by atoms with Gasteiger partial charge in [0.1, 0.15) is 6.61 Å². The lowest BCUT2D eigenvalue weighted by atomic mass is 10.1. The highest BCUT2D eigenvalue weighted by Gasteiger charge is 2.72. The molecule has 0 saturated carbocycles. The van der Waals surface area contributed by atoms with Crippen molar-refractivity contribution < 1.29 is 61.9 Å². The first kappa shape index (κ1) is 22.2. The largest absolute Gasteiger partial charge is 0.525 e. The van der Waals surface area contributed by atoms with Crippen molar-refractivity contribution >= 4 is 10.1 Å². The van der Waals surface area contributed by atoms with Gasteiger partial charge in [-0.1, -0.05) is 4.33 Å². The van der Waals surface area contributed by atoms with Crippen LogP contribution in [-0.2, 0) is 24.1 Å². The Kier molecular flexibility index (Phi) is 6.74. The molecule has 23 heavy (non-hydrogen) atoms. The van der Waals surface area contributed by atoms with E-state index in [4.69, 9.17) is 0 Å². The number of hydrogen-bond donors (Lipinski definition) is 0. The summed E-state index contributed by atoms with van der Waals surface area (Å²) < 4.78 is 140. The molecule has 0 aromatic rings. The summed E-state index contributed by atoms with van der Waals surface area (Å²) in [6.45, 7) is -4.42. The number of alkyl halides is 9. The lowest BCUT2D eigenvalue weighted by Crippen LogP contribution is -2.58. The van der Waals surface area contributed by atoms with Crippen LogP contribution in [0.15, 0.2) is 0 Å². The molecule has 0 unspecified atom stereocenters. The molecule has 0 amide bonds. The summed E-state index contributed by atoms with van der Waals surface area (Å²) in [5.74, 6) is -17.3. The molecule has 0 aromatic carbocycles. The van der Waals surface area contributed by atoms with Gasteiger partial charge < -0.3 is 4.74 Å². The Balaban J connectivity index is 4.99. The van der Waals surface area contributed by atoms with E-state index >= 15 is 0 Å². The highest BCUT2D eigenvalue weighted by atomic mass is 32.2. The highest BCUT2D eigenvalue weighted by Crippen LogP contribution is 2.46. The van der Waals surface area contributed by atoms with Crippen LogP contribution in [0.5, 0.6) is 0 Å². The fourth-order valence-electron chi connectivity index (χ4n) is 0.879. The van der Waals surface area contributed by atoms with Crippen molar-refractivity contribution in [1.82, 2.24) is 0 Å². The summed E-state index contributed by atoms with van der Waals surface area (Å²) in [5, 5.41) is 0. The van der Waals surface area contributed by atoms with Crippen LogP contribution >= 0.6 is 0 Å². The maximum absolute atomic E-state index is 13.1. The van der Waals surface area contributed by atoms with Crippen LogP contribution in [0, 0.1) is 0 Å². The zero-order valence-corrected chi connectivity index (χ0v) is 11.8. The maximum atomic E-state index is 13.1. The minimum Gasteiger partial charge on any atom is -0.375 e. The monoisotopic (exact) mass is 388 g/mol. The van der Waals surface area contributed by atoms with Crippen molar-refractivity contribution in [3.05, 3.63) is 0 Å². The first-order valence-electron chi connectivity index (χ1n) is 5.35. The van der Waals surface area contributed by atoms with Gasteiger partial charge in [0.15, 0.2) is 6.61 Å². The van der Waals surface area contributed by atoms with Gasteiger partial charge in [-0.2, -0.15) is 47.9 Å². The molecule has 0 aliphatic rings. The molecule has 0 fully saturated rings. The van der Waals surface area contributed by atoms with E-state index in [1.807, 2.05) is 0 Å². The van der Waals surface area contributed by atoms with Gasteiger partial charge >= 0.3 is 33.4 Å². The lowest BCUT2D eigenvalue weighted by Gasteiger charge is -2.31. The SMILES string of the molecule is CCOCC(F)(F)C(F)(F)C(F)(F)COOS(=O)(=O)C(F)(F)F. The molecular weight excluding hydrogens is 379 g/mol. The predicted molar refractivity (Wildman–Crippen MR) is 53.3 cm³/mol. The van der Waals surface area contributed by atoms with Crippen LogP contribution in [0.4, 0.5) is 39.5 Å². The number of halogens is 9. The Hall–Kier alpha value is -0.800. The summed E-state index contributed by atoms with van der Waals surface area (Å²) >= 11 is 0. The fraction of sp³-hybridized carbons (Fsp3) is 1.00. The van der Waals surface area contributed by atoms with E-state index < -0.39 is 53.2 Å². The standard InChI is InChI=1S/C8H9F9O5S/c1-2-20-3-5(9,10)7(13,14)6(11,12)4-21-22-23(18,19)8(15,16)17/h2-4H2,1H3. The fourth-order valence-corrected chi connectivity index (χ4v) is 1.13. The summed E-state index contributed by atoms with van der Waals surface area (Å²) in [6.07, 6.45) is 0. The highest BCUT2D eigenvalue weighted by molar-refractivity contribution is 7.87. The number of rotatable bonds is 9. The second kappa shape index (κ2) is 6.98. The van der Waals surface area contributed by atoms with E-state index in [2.05, 4.69) is 14.0 Å². The van der Waals surface area contributed by atoms with Gasteiger partial charge in [0.05, 0.1) is 0 Å². The Labute approximate surface area is 123 Å². The molecule has 0 aromatic heterocycles. The van der Waals surface area contributed by atoms with E-state index in [0.717, 1.165) is 6.92 Å². The second-order valence-corrected chi connectivity index (χ2v) is 5.36. The quantitative estimate of drug-likeness (QED) is 0.263. The van der Waals surface area contributed by atoms with E-state index in [-0.39, 0.29) is 0 Å². The van der Waals surface area contributed by atoms with Crippen molar-refractivity contribution in [1.29, 1.82) is 0 Å². The van der Waals surface area contributed by atoms with Crippen LogP contribution in [0.2, 0.25) is 0 Å². The van der Waals surface area contributed by atoms with Crippen molar-refractivity contribution in [3.63, 3.8) is 0 Å². The van der Waals surface area contributed by atoms with Gasteiger partial charge in [-0.15, -0.1) is 0 Å². The van der Waals surface area contributed by atoms with Gasteiger partial charge in [0.25, 0.3) is 0 Å². The van der Waals surface area contributed by atoms with Crippen LogP contribution in [0.25, 0.3) is 0 Å². The molecule has 140 valence electrons. The third-order valence-corrected chi connectivity index (χ3v) is 2.91. The topological polar surface area (TPSA) is 61.8 Å². The minimum absolute atomic E-state index is 0.513. The van der Waals surface area contributed by atoms with Gasteiger partial charge in [-0.05, 0) is 6.92 Å². The summed E-state index contributed by atoms with van der Waals surface area (Å²) in [4.78, 5) is 2.86. The molecule has 15 heteroatoms. The molecule has 0 N–H and O–H groups in total. The van der Waals surface area contributed by atoms with Gasteiger partial charge in [0.2, 0.25) is 0 Å². The molecule has 0 bridgehead atoms. The summed E-state index contributed by atoms with van der Waals surface area (Å²) in [7, 11) is -6.53. The van der Waals surface area contributed by atoms with Gasteiger partial charge in [0, 0.05) is 6.61 Å². The zero-order valence-electron chi connectivity index (χ0n) is 11.0. The van der Waals surface area contributed by atoms with E-state index in [0.29, 0.717) is 0 Å². The molecule has 0 aliphatic carbocycles. The zero-order chi connectivity index (χ0) is 18.7. The molecule has 0 spiro atoms. The molecule has 0 rings (SSSR count). The van der Waals surface area contributed by atoms with Crippen LogP contribution in [0.1, 0.15) is 6.92 Å². The Morgan fingerprint density at radius 1 is 0.826 bits per heavy atom. The molecule has 0 aliphatic heterocycles. The average molecular weight is 388 g/mol. The molecule has 0 saturated heterocycles. The van der Waals surface area contributed by atoms with Crippen molar-refractivity contribution in [2.75, 3.05) is 19.8 Å². The first-order valence-corrected chi connectivity index (χ1v) is 6.76. The lowest BCUT2D eigenvalue weighted by molar-refractivity contribution is -0.353. The second-order valence-electron chi connectivity index (χ2n) is 3.85. The van der Waals surface area contributed by atoms with E-state index in [1.54, 1.807) is 0 Å². The van der Waals surface area contributed by atoms with Crippen LogP contribution in [-0.4, -0.2) is 51.5 Å². The van der Waals surface area contributed by atoms with E-state index in [1.165, 1.54) is 0 Å². The smallest absolute Gasteiger partial charge is 0.375 e. The third kappa shape index (κ3) is 5.09. The molecule has 0 atom stereocenters. The molecule has 5 nitrogen and oxygen atoms in total. The first-order chi connectivity index (χ1) is 10.0. The molecular formula is C8H9F9O5S. The summed E-state index contributed by atoms with van der Waals surface area (Å²) in [6, 6.07) is 0. The Morgan fingerprint density at radius 3 is 1.65 bits per heavy atom. The Bertz CT molecular complexity index is 487.